The second-order valence-electron chi connectivity index (χ2n) is 13.2. The molecule has 4 heterocycles. The molecule has 16 heteroatoms. The highest BCUT2D eigenvalue weighted by molar-refractivity contribution is 5.98. The average Bonchev–Trinajstić information content (AvgIpc) is 3.85. The summed E-state index contributed by atoms with van der Waals surface area (Å²) in [5.41, 5.74) is 17.8. The first-order valence-electron chi connectivity index (χ1n) is 17.5. The third-order valence-corrected chi connectivity index (χ3v) is 9.54. The molecule has 0 saturated carbocycles. The number of hydrogen-bond donors (Lipinski definition) is 2. The van der Waals surface area contributed by atoms with Gasteiger partial charge in [-0.1, -0.05) is 0 Å². The van der Waals surface area contributed by atoms with Crippen molar-refractivity contribution in [3.63, 3.8) is 0 Å². The van der Waals surface area contributed by atoms with Gasteiger partial charge in [-0.15, -0.1) is 0 Å². The van der Waals surface area contributed by atoms with Crippen LogP contribution < -0.4 is 22.7 Å². The van der Waals surface area contributed by atoms with E-state index in [1.54, 1.807) is 69.0 Å². The number of carbonyl (C=O) groups excluding carboxylic acids is 4. The number of aryl methyl sites for hydroxylation is 7. The van der Waals surface area contributed by atoms with Crippen molar-refractivity contribution < 1.29 is 19.2 Å². The van der Waals surface area contributed by atoms with Crippen LogP contribution in [0.15, 0.2) is 58.5 Å². The van der Waals surface area contributed by atoms with Crippen LogP contribution in [0.1, 0.15) is 92.7 Å². The van der Waals surface area contributed by atoms with Gasteiger partial charge in [0.1, 0.15) is 11.4 Å². The first-order valence-corrected chi connectivity index (χ1v) is 17.5. The Morgan fingerprint density at radius 3 is 1.68 bits per heavy atom. The Kier molecular flexibility index (Phi) is 9.88. The molecule has 0 saturated heterocycles. The molecule has 0 fully saturated rings. The topological polar surface area (TPSA) is 200 Å². The molecule has 0 aliphatic rings. The number of nitrogens with two attached hydrogens (primary N) is 2. The summed E-state index contributed by atoms with van der Waals surface area (Å²) in [7, 11) is 3.59. The molecular weight excluding hydrogens is 676 g/mol. The lowest BCUT2D eigenvalue weighted by atomic mass is 10.1. The fourth-order valence-corrected chi connectivity index (χ4v) is 6.90. The first kappa shape index (κ1) is 36.5. The zero-order valence-corrected chi connectivity index (χ0v) is 31.0. The van der Waals surface area contributed by atoms with Crippen molar-refractivity contribution in [2.45, 2.75) is 73.1 Å². The van der Waals surface area contributed by atoms with Crippen LogP contribution in [0.2, 0.25) is 0 Å². The summed E-state index contributed by atoms with van der Waals surface area (Å²) >= 11 is 0. The third-order valence-electron chi connectivity index (χ3n) is 9.54. The van der Waals surface area contributed by atoms with Crippen molar-refractivity contribution >= 4 is 45.7 Å². The summed E-state index contributed by atoms with van der Waals surface area (Å²) in [6.07, 6.45) is 1.26. The predicted molar refractivity (Wildman–Crippen MR) is 198 cm³/mol. The molecule has 16 nitrogen and oxygen atoms in total. The van der Waals surface area contributed by atoms with E-state index in [4.69, 9.17) is 11.5 Å². The largest absolute Gasteiger partial charge is 0.366 e. The van der Waals surface area contributed by atoms with Gasteiger partial charge < -0.3 is 29.7 Å². The van der Waals surface area contributed by atoms with Crippen molar-refractivity contribution in [2.75, 3.05) is 0 Å². The lowest BCUT2D eigenvalue weighted by Crippen LogP contribution is -2.29. The summed E-state index contributed by atoms with van der Waals surface area (Å²) in [6.45, 7) is 11.0. The molecule has 0 radical (unpaired) electrons. The fourth-order valence-electron chi connectivity index (χ4n) is 6.90. The standard InChI is InChI=1S/C37H44N12O4/c1-8-47-30(17-21(3)42-47)34(52)40-36-44(6)28-19-24(32(38)50)12-14-26(28)46(36)16-10-11-23(5)49-27-15-13-25(33(39)51)20-29(27)45(7)37(49)41-35(53)31-18-22(4)43-48(31)9-2/h12-15,17-20,23H,8-11,16H2,1-7H3,(H2,38,50)(H2,39,51)/b40-36+,41-37+. The Labute approximate surface area is 304 Å². The van der Waals surface area contributed by atoms with Gasteiger partial charge >= 0.3 is 0 Å². The minimum Gasteiger partial charge on any atom is -0.366 e. The van der Waals surface area contributed by atoms with Gasteiger partial charge in [0, 0.05) is 50.9 Å². The molecule has 4 aromatic heterocycles. The van der Waals surface area contributed by atoms with Crippen LogP contribution in [-0.4, -0.2) is 61.5 Å². The van der Waals surface area contributed by atoms with Crippen LogP contribution in [0.25, 0.3) is 22.1 Å². The van der Waals surface area contributed by atoms with E-state index in [9.17, 15) is 19.2 Å². The Balaban J connectivity index is 1.41. The van der Waals surface area contributed by atoms with Gasteiger partial charge in [-0.2, -0.15) is 20.2 Å². The van der Waals surface area contributed by atoms with Gasteiger partial charge in [-0.3, -0.25) is 28.5 Å². The summed E-state index contributed by atoms with van der Waals surface area (Å²) in [5.74, 6) is -2.00. The molecule has 6 rings (SSSR count). The van der Waals surface area contributed by atoms with E-state index in [2.05, 4.69) is 20.2 Å². The van der Waals surface area contributed by atoms with E-state index in [0.717, 1.165) is 11.0 Å². The van der Waals surface area contributed by atoms with Crippen molar-refractivity contribution in [3.05, 3.63) is 93.7 Å². The smallest absolute Gasteiger partial charge is 0.298 e. The SMILES string of the molecule is CCn1nc(C)cc1C(=O)/N=c1\n(C)c2cc(C(N)=O)ccc2n1CCCC(C)n1/c(=N/C(=O)c2cc(C)nn2CC)n(C)c2cc(C(N)=O)ccc21. The van der Waals surface area contributed by atoms with E-state index < -0.39 is 23.6 Å². The molecule has 0 aliphatic heterocycles. The second-order valence-corrected chi connectivity index (χ2v) is 13.2. The van der Waals surface area contributed by atoms with Crippen molar-refractivity contribution in [1.29, 1.82) is 0 Å². The summed E-state index contributed by atoms with van der Waals surface area (Å²) in [4.78, 5) is 60.6. The van der Waals surface area contributed by atoms with Crippen LogP contribution in [0.3, 0.4) is 0 Å². The Morgan fingerprint density at radius 2 is 1.17 bits per heavy atom. The van der Waals surface area contributed by atoms with E-state index in [1.165, 1.54) is 0 Å². The van der Waals surface area contributed by atoms with Crippen molar-refractivity contribution in [2.24, 2.45) is 35.5 Å². The Morgan fingerprint density at radius 1 is 0.698 bits per heavy atom. The average molecular weight is 721 g/mol. The normalized spacial score (nSPS) is 13.0. The highest BCUT2D eigenvalue weighted by Gasteiger charge is 2.21. The molecule has 276 valence electrons. The number of rotatable bonds is 11. The highest BCUT2D eigenvalue weighted by atomic mass is 16.2. The first-order chi connectivity index (χ1) is 25.2. The monoisotopic (exact) mass is 720 g/mol. The second kappa shape index (κ2) is 14.4. The molecule has 2 aromatic carbocycles. The van der Waals surface area contributed by atoms with Gasteiger partial charge in [-0.25, -0.2) is 0 Å². The summed E-state index contributed by atoms with van der Waals surface area (Å²) in [6, 6.07) is 13.6. The van der Waals surface area contributed by atoms with Gasteiger partial charge in [-0.05, 0) is 96.0 Å². The molecule has 0 spiro atoms. The lowest BCUT2D eigenvalue weighted by Gasteiger charge is -2.16. The summed E-state index contributed by atoms with van der Waals surface area (Å²) in [5, 5.41) is 8.82. The molecule has 4 amide bonds. The zero-order valence-electron chi connectivity index (χ0n) is 31.0. The number of aromatic nitrogens is 8. The molecule has 0 aliphatic carbocycles. The van der Waals surface area contributed by atoms with Gasteiger partial charge in [0.05, 0.1) is 33.5 Å². The minimum atomic E-state index is -0.561. The summed E-state index contributed by atoms with van der Waals surface area (Å²) < 4.78 is 10.8. The van der Waals surface area contributed by atoms with E-state index in [1.807, 2.05) is 55.9 Å². The lowest BCUT2D eigenvalue weighted by molar-refractivity contribution is 0.0977. The Hall–Kier alpha value is -6.32. The highest BCUT2D eigenvalue weighted by Crippen LogP contribution is 2.23. The van der Waals surface area contributed by atoms with Crippen LogP contribution in [-0.2, 0) is 33.7 Å². The Bertz CT molecular complexity index is 2590. The maximum absolute atomic E-state index is 13.6. The third kappa shape index (κ3) is 6.74. The van der Waals surface area contributed by atoms with Crippen LogP contribution in [0.5, 0.6) is 0 Å². The molecule has 53 heavy (non-hydrogen) atoms. The van der Waals surface area contributed by atoms with Crippen LogP contribution in [0.4, 0.5) is 0 Å². The number of nitrogens with zero attached hydrogens (tertiary/aromatic N) is 10. The number of benzene rings is 2. The molecular formula is C37H44N12O4. The molecule has 1 unspecified atom stereocenters. The fraction of sp³-hybridized carbons (Fsp3) is 0.351. The quantitative estimate of drug-likeness (QED) is 0.206. The van der Waals surface area contributed by atoms with Gasteiger partial charge in [0.2, 0.25) is 23.1 Å². The zero-order chi connectivity index (χ0) is 38.3. The predicted octanol–water partition coefficient (Wildman–Crippen LogP) is 3.04. The number of hydrogen-bond acceptors (Lipinski definition) is 6. The number of fused-ring (bicyclic) bond motifs is 2. The van der Waals surface area contributed by atoms with Crippen LogP contribution in [0, 0.1) is 13.8 Å². The molecule has 6 aromatic rings. The number of amides is 4. The number of imidazole rings is 2. The number of carbonyl (C=O) groups is 4. The maximum Gasteiger partial charge on any atom is 0.298 e. The molecule has 1 atom stereocenters. The van der Waals surface area contributed by atoms with Crippen molar-refractivity contribution in [3.8, 4) is 0 Å². The van der Waals surface area contributed by atoms with Gasteiger partial charge in [0.25, 0.3) is 11.8 Å². The minimum absolute atomic E-state index is 0.177. The van der Waals surface area contributed by atoms with Crippen LogP contribution >= 0.6 is 0 Å². The number of primary amides is 2. The maximum atomic E-state index is 13.6. The molecule has 4 N–H and O–H groups in total. The molecule has 0 bridgehead atoms. The van der Waals surface area contributed by atoms with E-state index >= 15 is 0 Å². The van der Waals surface area contributed by atoms with E-state index in [0.29, 0.717) is 88.6 Å². The van der Waals surface area contributed by atoms with Crippen molar-refractivity contribution in [1.82, 2.24) is 37.8 Å². The van der Waals surface area contributed by atoms with E-state index in [-0.39, 0.29) is 6.04 Å². The van der Waals surface area contributed by atoms with Gasteiger partial charge in [0.15, 0.2) is 0 Å².